The van der Waals surface area contributed by atoms with Gasteiger partial charge in [0.25, 0.3) is 0 Å². The molecule has 0 aliphatic heterocycles. The third-order valence-electron chi connectivity index (χ3n) is 2.63. The second kappa shape index (κ2) is 5.65. The van der Waals surface area contributed by atoms with Gasteiger partial charge in [-0.1, -0.05) is 20.8 Å². The first-order valence-electron chi connectivity index (χ1n) is 6.16. The van der Waals surface area contributed by atoms with Gasteiger partial charge < -0.3 is 10.4 Å². The van der Waals surface area contributed by atoms with Crippen molar-refractivity contribution in [1.82, 2.24) is 15.1 Å². The molecule has 0 aromatic carbocycles. The Hall–Kier alpha value is -0.870. The van der Waals surface area contributed by atoms with E-state index in [2.05, 4.69) is 37.3 Å². The van der Waals surface area contributed by atoms with Crippen LogP contribution in [0, 0.1) is 12.3 Å². The zero-order valence-corrected chi connectivity index (χ0v) is 11.6. The van der Waals surface area contributed by atoms with Crippen molar-refractivity contribution in [3.63, 3.8) is 0 Å². The summed E-state index contributed by atoms with van der Waals surface area (Å²) in [7, 11) is 1.94. The number of aliphatic hydroxyl groups is 1. The average Bonchev–Trinajstić information content (AvgIpc) is 2.42. The molecule has 1 aromatic heterocycles. The van der Waals surface area contributed by atoms with Crippen LogP contribution in [0.4, 0.5) is 0 Å². The zero-order valence-electron chi connectivity index (χ0n) is 11.6. The Balaban J connectivity index is 2.31. The van der Waals surface area contributed by atoms with E-state index in [-0.39, 0.29) is 11.5 Å². The van der Waals surface area contributed by atoms with Gasteiger partial charge in [-0.2, -0.15) is 5.10 Å². The van der Waals surface area contributed by atoms with E-state index >= 15 is 0 Å². The topological polar surface area (TPSA) is 50.1 Å². The van der Waals surface area contributed by atoms with Crippen molar-refractivity contribution in [3.8, 4) is 0 Å². The molecule has 0 saturated heterocycles. The van der Waals surface area contributed by atoms with E-state index in [0.717, 1.165) is 24.4 Å². The van der Waals surface area contributed by atoms with Gasteiger partial charge in [-0.05, 0) is 24.8 Å². The van der Waals surface area contributed by atoms with Gasteiger partial charge in [-0.3, -0.25) is 4.68 Å². The molecule has 4 nitrogen and oxygen atoms in total. The first-order valence-corrected chi connectivity index (χ1v) is 6.16. The maximum atomic E-state index is 9.85. The van der Waals surface area contributed by atoms with Crippen molar-refractivity contribution in [3.05, 3.63) is 17.5 Å². The average molecular weight is 239 g/mol. The Labute approximate surface area is 104 Å². The van der Waals surface area contributed by atoms with Crippen LogP contribution in [0.1, 0.15) is 38.6 Å². The summed E-state index contributed by atoms with van der Waals surface area (Å²) in [5, 5.41) is 17.4. The monoisotopic (exact) mass is 239 g/mol. The van der Waals surface area contributed by atoms with Crippen molar-refractivity contribution in [2.45, 2.75) is 46.8 Å². The number of aromatic nitrogens is 2. The summed E-state index contributed by atoms with van der Waals surface area (Å²) in [5.74, 6) is 0. The first kappa shape index (κ1) is 14.2. The lowest BCUT2D eigenvalue weighted by molar-refractivity contribution is 0.119. The quantitative estimate of drug-likeness (QED) is 0.821. The van der Waals surface area contributed by atoms with Crippen LogP contribution in [0.2, 0.25) is 0 Å². The van der Waals surface area contributed by atoms with Crippen molar-refractivity contribution >= 4 is 0 Å². The van der Waals surface area contributed by atoms with E-state index < -0.39 is 0 Å². The summed E-state index contributed by atoms with van der Waals surface area (Å²) in [5.41, 5.74) is 2.34. The minimum absolute atomic E-state index is 0.171. The third kappa shape index (κ3) is 5.33. The minimum Gasteiger partial charge on any atom is -0.392 e. The molecule has 1 atom stereocenters. The number of hydrogen-bond donors (Lipinski definition) is 2. The molecule has 1 unspecified atom stereocenters. The molecular formula is C13H25N3O. The van der Waals surface area contributed by atoms with Crippen LogP contribution in [0.15, 0.2) is 6.07 Å². The molecular weight excluding hydrogens is 214 g/mol. The van der Waals surface area contributed by atoms with E-state index in [1.807, 2.05) is 18.7 Å². The Kier molecular flexibility index (Phi) is 4.71. The van der Waals surface area contributed by atoms with Crippen molar-refractivity contribution in [2.24, 2.45) is 12.5 Å². The van der Waals surface area contributed by atoms with E-state index in [4.69, 9.17) is 0 Å². The maximum absolute atomic E-state index is 9.85. The van der Waals surface area contributed by atoms with E-state index in [1.165, 1.54) is 0 Å². The summed E-state index contributed by atoms with van der Waals surface area (Å²) in [6.45, 7) is 9.78. The second-order valence-electron chi connectivity index (χ2n) is 5.95. The molecule has 0 amide bonds. The molecule has 1 rings (SSSR count). The Morgan fingerprint density at radius 2 is 2.12 bits per heavy atom. The number of nitrogens with zero attached hydrogens (tertiary/aromatic N) is 2. The SMILES string of the molecule is Cc1cc(CNCC(O)CC(C)(C)C)n(C)n1. The van der Waals surface area contributed by atoms with Crippen molar-refractivity contribution in [1.29, 1.82) is 0 Å². The van der Waals surface area contributed by atoms with Crippen LogP contribution in [0.3, 0.4) is 0 Å². The normalized spacial score (nSPS) is 14.0. The highest BCUT2D eigenvalue weighted by Crippen LogP contribution is 2.20. The number of rotatable bonds is 5. The van der Waals surface area contributed by atoms with Crippen LogP contribution in [0.5, 0.6) is 0 Å². The lowest BCUT2D eigenvalue weighted by atomic mass is 9.89. The predicted molar refractivity (Wildman–Crippen MR) is 69.7 cm³/mol. The molecule has 0 spiro atoms. The highest BCUT2D eigenvalue weighted by Gasteiger charge is 2.16. The summed E-state index contributed by atoms with van der Waals surface area (Å²) < 4.78 is 1.87. The van der Waals surface area contributed by atoms with E-state index in [0.29, 0.717) is 6.54 Å². The molecule has 2 N–H and O–H groups in total. The summed E-state index contributed by atoms with van der Waals surface area (Å²) >= 11 is 0. The van der Waals surface area contributed by atoms with Crippen molar-refractivity contribution < 1.29 is 5.11 Å². The number of nitrogens with one attached hydrogen (secondary N) is 1. The molecule has 0 aliphatic rings. The van der Waals surface area contributed by atoms with Gasteiger partial charge in [0.05, 0.1) is 17.5 Å². The lowest BCUT2D eigenvalue weighted by Gasteiger charge is -2.22. The van der Waals surface area contributed by atoms with Gasteiger partial charge in [0.15, 0.2) is 0 Å². The molecule has 0 radical (unpaired) electrons. The molecule has 0 aliphatic carbocycles. The summed E-state index contributed by atoms with van der Waals surface area (Å²) in [6, 6.07) is 2.06. The Morgan fingerprint density at radius 1 is 1.47 bits per heavy atom. The highest BCUT2D eigenvalue weighted by molar-refractivity contribution is 5.08. The standard InChI is InChI=1S/C13H25N3O/c1-10-6-11(16(5)15-10)8-14-9-12(17)7-13(2,3)4/h6,12,14,17H,7-9H2,1-5H3. The Bertz CT molecular complexity index is 352. The van der Waals surface area contributed by atoms with Gasteiger partial charge in [0, 0.05) is 20.1 Å². The molecule has 0 bridgehead atoms. The molecule has 0 fully saturated rings. The number of aliphatic hydroxyl groups excluding tert-OH is 1. The van der Waals surface area contributed by atoms with Crippen LogP contribution >= 0.6 is 0 Å². The fourth-order valence-corrected chi connectivity index (χ4v) is 1.98. The molecule has 1 aromatic rings. The fraction of sp³-hybridized carbons (Fsp3) is 0.769. The van der Waals surface area contributed by atoms with Crippen LogP contribution < -0.4 is 5.32 Å². The van der Waals surface area contributed by atoms with Crippen LogP contribution in [-0.4, -0.2) is 27.5 Å². The number of hydrogen-bond acceptors (Lipinski definition) is 3. The molecule has 4 heteroatoms. The maximum Gasteiger partial charge on any atom is 0.0669 e. The Morgan fingerprint density at radius 3 is 2.59 bits per heavy atom. The van der Waals surface area contributed by atoms with Gasteiger partial charge >= 0.3 is 0 Å². The largest absolute Gasteiger partial charge is 0.392 e. The van der Waals surface area contributed by atoms with Crippen molar-refractivity contribution in [2.75, 3.05) is 6.54 Å². The molecule has 1 heterocycles. The van der Waals surface area contributed by atoms with Gasteiger partial charge in [-0.15, -0.1) is 0 Å². The van der Waals surface area contributed by atoms with Gasteiger partial charge in [0.1, 0.15) is 0 Å². The molecule has 17 heavy (non-hydrogen) atoms. The minimum atomic E-state index is -0.288. The smallest absolute Gasteiger partial charge is 0.0669 e. The van der Waals surface area contributed by atoms with Gasteiger partial charge in [-0.25, -0.2) is 0 Å². The van der Waals surface area contributed by atoms with Crippen LogP contribution in [0.25, 0.3) is 0 Å². The molecule has 98 valence electrons. The first-order chi connectivity index (χ1) is 7.78. The lowest BCUT2D eigenvalue weighted by Crippen LogP contribution is -2.30. The van der Waals surface area contributed by atoms with E-state index in [1.54, 1.807) is 0 Å². The fourth-order valence-electron chi connectivity index (χ4n) is 1.98. The third-order valence-corrected chi connectivity index (χ3v) is 2.63. The zero-order chi connectivity index (χ0) is 13.1. The summed E-state index contributed by atoms with van der Waals surface area (Å²) in [6.07, 6.45) is 0.522. The van der Waals surface area contributed by atoms with E-state index in [9.17, 15) is 5.11 Å². The number of aryl methyl sites for hydroxylation is 2. The summed E-state index contributed by atoms with van der Waals surface area (Å²) in [4.78, 5) is 0. The van der Waals surface area contributed by atoms with Gasteiger partial charge in [0.2, 0.25) is 0 Å². The van der Waals surface area contributed by atoms with Crippen LogP contribution in [-0.2, 0) is 13.6 Å². The molecule has 0 saturated carbocycles. The highest BCUT2D eigenvalue weighted by atomic mass is 16.3. The second-order valence-corrected chi connectivity index (χ2v) is 5.95. The predicted octanol–water partition coefficient (Wildman–Crippen LogP) is 1.62.